The van der Waals surface area contributed by atoms with Gasteiger partial charge in [-0.3, -0.25) is 62.3 Å². The molecule has 1 aliphatic rings. The van der Waals surface area contributed by atoms with Gasteiger partial charge in [-0.15, -0.1) is 0 Å². The highest BCUT2D eigenvalue weighted by molar-refractivity contribution is 5.99. The Bertz CT molecular complexity index is 2100. The SMILES string of the molecule is CCC(C)C1C(=O)NC(CCC(N)=O)C(=O)NC(CC(N)=O)C(=O)NC(C(=O)N(C)CC(=O)NC(CCC(=O)O)C(=O)NCC(N)=O)CCC(=O)NCC(=O)NC(Cc2ccc(O)cc2)C(=O)N1C. The standard InChI is InChI=1S/C42H62N12O15/c1-5-21(2)36-40(67)50-25(10-13-29(43)56)38(65)52-27(17-30(44)57)39(66)51-26(41(68)53(3)20-34(61)48-24(12-15-35(62)63)37(64)47-18-31(45)58)11-14-32(59)46-19-33(60)49-28(42(69)54(36)4)16-22-6-8-23(55)9-7-22/h6-9,21,24-28,36,55H,5,10-20H2,1-4H3,(H2,43,56)(H2,44,57)(H2,45,58)(H,46,59)(H,47,64)(H,48,61)(H,49,60)(H,50,67)(H,51,66)(H,52,65)(H,62,63). The van der Waals surface area contributed by atoms with Crippen LogP contribution in [0.1, 0.15) is 70.8 Å². The van der Waals surface area contributed by atoms with Gasteiger partial charge in [0.05, 0.1) is 26.1 Å². The Morgan fingerprint density at radius 3 is 2.03 bits per heavy atom. The number of carboxylic acids is 1. The summed E-state index contributed by atoms with van der Waals surface area (Å²) in [5, 5.41) is 35.4. The number of hydrogen-bond donors (Lipinski definition) is 12. The molecule has 0 aliphatic carbocycles. The van der Waals surface area contributed by atoms with Crippen LogP contribution in [-0.4, -0.2) is 167 Å². The molecule has 1 aliphatic heterocycles. The van der Waals surface area contributed by atoms with Crippen molar-refractivity contribution >= 4 is 76.9 Å². The number of carbonyl (C=O) groups is 13. The molecule has 7 unspecified atom stereocenters. The second kappa shape index (κ2) is 27.7. The minimum atomic E-state index is -1.88. The predicted molar refractivity (Wildman–Crippen MR) is 239 cm³/mol. The fourth-order valence-corrected chi connectivity index (χ4v) is 6.94. The van der Waals surface area contributed by atoms with Crippen LogP contribution in [0.15, 0.2) is 24.3 Å². The van der Waals surface area contributed by atoms with Gasteiger partial charge >= 0.3 is 5.97 Å². The summed E-state index contributed by atoms with van der Waals surface area (Å²) in [4.78, 5) is 171. The fourth-order valence-electron chi connectivity index (χ4n) is 6.94. The molecule has 0 spiro atoms. The summed E-state index contributed by atoms with van der Waals surface area (Å²) in [6.07, 6.45) is -3.88. The van der Waals surface area contributed by atoms with Crippen LogP contribution in [0.2, 0.25) is 0 Å². The topological polar surface area (TPSA) is 431 Å². The van der Waals surface area contributed by atoms with E-state index in [1.807, 2.05) is 0 Å². The van der Waals surface area contributed by atoms with E-state index in [-0.39, 0.29) is 12.2 Å². The molecule has 0 radical (unpaired) electrons. The maximum atomic E-state index is 14.3. The van der Waals surface area contributed by atoms with Gasteiger partial charge in [0.1, 0.15) is 42.0 Å². The summed E-state index contributed by atoms with van der Waals surface area (Å²) in [7, 11) is 2.38. The van der Waals surface area contributed by atoms with E-state index in [4.69, 9.17) is 22.3 Å². The van der Waals surface area contributed by atoms with Crippen molar-refractivity contribution in [2.24, 2.45) is 23.1 Å². The van der Waals surface area contributed by atoms with Crippen molar-refractivity contribution in [1.29, 1.82) is 0 Å². The average Bonchev–Trinajstić information content (AvgIpc) is 3.27. The summed E-state index contributed by atoms with van der Waals surface area (Å²) in [6.45, 7) is 1.15. The van der Waals surface area contributed by atoms with Crippen molar-refractivity contribution in [1.82, 2.24) is 47.0 Å². The predicted octanol–water partition coefficient (Wildman–Crippen LogP) is -5.79. The van der Waals surface area contributed by atoms with Crippen molar-refractivity contribution in [3.05, 3.63) is 29.8 Å². The van der Waals surface area contributed by atoms with Crippen LogP contribution >= 0.6 is 0 Å². The molecule has 1 aromatic carbocycles. The van der Waals surface area contributed by atoms with Crippen LogP contribution in [0.5, 0.6) is 5.75 Å². The van der Waals surface area contributed by atoms with E-state index in [1.54, 1.807) is 13.8 Å². The Morgan fingerprint density at radius 1 is 0.826 bits per heavy atom. The number of phenols is 1. The molecule has 1 fully saturated rings. The number of phenolic OH excluding ortho intramolecular Hbond substituents is 1. The van der Waals surface area contributed by atoms with Gasteiger partial charge < -0.3 is 74.4 Å². The Hall–Kier alpha value is -7.87. The number of nitrogens with zero attached hydrogens (tertiary/aromatic N) is 2. The number of aliphatic carboxylic acids is 1. The fraction of sp³-hybridized carbons (Fsp3) is 0.548. The van der Waals surface area contributed by atoms with Crippen LogP contribution in [0.3, 0.4) is 0 Å². The molecule has 12 amide bonds. The summed E-state index contributed by atoms with van der Waals surface area (Å²) >= 11 is 0. The number of benzene rings is 1. The first kappa shape index (κ1) is 57.3. The van der Waals surface area contributed by atoms with Crippen molar-refractivity contribution < 1.29 is 72.5 Å². The molecule has 27 nitrogen and oxygen atoms in total. The maximum Gasteiger partial charge on any atom is 0.303 e. The first-order valence-corrected chi connectivity index (χ1v) is 21.7. The molecule has 1 aromatic rings. The van der Waals surface area contributed by atoms with Crippen molar-refractivity contribution in [2.45, 2.75) is 108 Å². The highest BCUT2D eigenvalue weighted by atomic mass is 16.4. The monoisotopic (exact) mass is 974 g/mol. The van der Waals surface area contributed by atoms with Gasteiger partial charge in [-0.25, -0.2) is 0 Å². The number of aromatic hydroxyl groups is 1. The van der Waals surface area contributed by atoms with Gasteiger partial charge in [0.15, 0.2) is 0 Å². The Kier molecular flexibility index (Phi) is 23.0. The van der Waals surface area contributed by atoms with E-state index in [9.17, 15) is 67.4 Å². The number of nitrogens with two attached hydrogens (primary N) is 3. The van der Waals surface area contributed by atoms with Crippen molar-refractivity contribution in [2.75, 3.05) is 33.7 Å². The lowest BCUT2D eigenvalue weighted by molar-refractivity contribution is -0.144. The molecule has 1 heterocycles. The summed E-state index contributed by atoms with van der Waals surface area (Å²) in [5.74, 6) is -13.8. The van der Waals surface area contributed by atoms with Crippen LogP contribution in [0.25, 0.3) is 0 Å². The molecule has 7 atom stereocenters. The van der Waals surface area contributed by atoms with E-state index in [0.29, 0.717) is 12.0 Å². The third-order valence-corrected chi connectivity index (χ3v) is 10.8. The number of amides is 12. The van der Waals surface area contributed by atoms with Gasteiger partial charge in [0.25, 0.3) is 0 Å². The van der Waals surface area contributed by atoms with E-state index in [2.05, 4.69) is 37.2 Å². The second-order valence-electron chi connectivity index (χ2n) is 16.4. The van der Waals surface area contributed by atoms with E-state index in [1.165, 1.54) is 31.3 Å². The van der Waals surface area contributed by atoms with E-state index >= 15 is 0 Å². The number of rotatable bonds is 19. The van der Waals surface area contributed by atoms with Crippen molar-refractivity contribution in [3.63, 3.8) is 0 Å². The lowest BCUT2D eigenvalue weighted by Gasteiger charge is -2.35. The van der Waals surface area contributed by atoms with Crippen LogP contribution < -0.4 is 54.4 Å². The number of nitrogens with one attached hydrogen (secondary N) is 7. The zero-order chi connectivity index (χ0) is 52.1. The highest BCUT2D eigenvalue weighted by Crippen LogP contribution is 2.19. The van der Waals surface area contributed by atoms with Crippen LogP contribution in [-0.2, 0) is 68.7 Å². The molecule has 0 bridgehead atoms. The minimum Gasteiger partial charge on any atom is -0.508 e. The molecule has 27 heteroatoms. The quantitative estimate of drug-likeness (QED) is 0.0615. The van der Waals surface area contributed by atoms with Gasteiger partial charge in [-0.05, 0) is 42.9 Å². The van der Waals surface area contributed by atoms with Gasteiger partial charge in [0.2, 0.25) is 70.9 Å². The lowest BCUT2D eigenvalue weighted by Crippen LogP contribution is -2.61. The zero-order valence-electron chi connectivity index (χ0n) is 38.7. The molecule has 69 heavy (non-hydrogen) atoms. The van der Waals surface area contributed by atoms with Gasteiger partial charge in [-0.2, -0.15) is 0 Å². The lowest BCUT2D eigenvalue weighted by atomic mass is 9.95. The molecule has 1 saturated heterocycles. The highest BCUT2D eigenvalue weighted by Gasteiger charge is 2.38. The summed E-state index contributed by atoms with van der Waals surface area (Å²) in [5.41, 5.74) is 16.3. The first-order valence-electron chi connectivity index (χ1n) is 21.7. The van der Waals surface area contributed by atoms with Gasteiger partial charge in [0, 0.05) is 39.8 Å². The molecule has 0 saturated carbocycles. The smallest absolute Gasteiger partial charge is 0.303 e. The van der Waals surface area contributed by atoms with E-state index in [0.717, 1.165) is 16.8 Å². The van der Waals surface area contributed by atoms with E-state index < -0.39 is 184 Å². The Labute approximate surface area is 396 Å². The number of hydrogen-bond acceptors (Lipinski definition) is 14. The molecular weight excluding hydrogens is 913 g/mol. The zero-order valence-corrected chi connectivity index (χ0v) is 38.7. The molecule has 0 aromatic heterocycles. The number of primary amides is 3. The Balaban J connectivity index is 2.62. The Morgan fingerprint density at radius 2 is 1.45 bits per heavy atom. The minimum absolute atomic E-state index is 0.0843. The third-order valence-electron chi connectivity index (χ3n) is 10.8. The second-order valence-corrected chi connectivity index (χ2v) is 16.4. The third kappa shape index (κ3) is 19.9. The summed E-state index contributed by atoms with van der Waals surface area (Å²) in [6, 6.07) is -3.80. The van der Waals surface area contributed by atoms with Crippen molar-refractivity contribution in [3.8, 4) is 5.75 Å². The average molecular weight is 975 g/mol. The normalized spacial score (nSPS) is 20.8. The summed E-state index contributed by atoms with van der Waals surface area (Å²) < 4.78 is 0. The molecule has 2 rings (SSSR count). The van der Waals surface area contributed by atoms with Gasteiger partial charge in [-0.1, -0.05) is 32.4 Å². The molecule has 15 N–H and O–H groups in total. The maximum absolute atomic E-state index is 14.3. The number of carbonyl (C=O) groups excluding carboxylic acids is 12. The van der Waals surface area contributed by atoms with Crippen LogP contribution in [0.4, 0.5) is 0 Å². The first-order chi connectivity index (χ1) is 32.3. The van der Waals surface area contributed by atoms with Crippen LogP contribution in [0, 0.1) is 5.92 Å². The molecule has 380 valence electrons. The molecular formula is C42H62N12O15. The number of carboxylic acid groups (broad SMARTS) is 1. The number of likely N-dealkylation sites (N-methyl/N-ethyl adjacent to an activating group) is 2. The largest absolute Gasteiger partial charge is 0.508 e.